The number of likely N-dealkylation sites (tertiary alicyclic amines) is 1. The zero-order chi connectivity index (χ0) is 13.8. The maximum Gasteiger partial charge on any atom is 0.273 e. The molecule has 0 N–H and O–H groups in total. The second-order valence-electron chi connectivity index (χ2n) is 5.07. The summed E-state index contributed by atoms with van der Waals surface area (Å²) in [7, 11) is 4.18. The lowest BCUT2D eigenvalue weighted by Crippen LogP contribution is -2.42. The highest BCUT2D eigenvalue weighted by atomic mass is 32.2. The number of amides is 1. The molecule has 1 aromatic heterocycles. The van der Waals surface area contributed by atoms with Gasteiger partial charge in [-0.05, 0) is 33.2 Å². The van der Waals surface area contributed by atoms with E-state index in [1.165, 1.54) is 12.8 Å². The minimum absolute atomic E-state index is 0.0882. The molecule has 1 fully saturated rings. The average Bonchev–Trinajstić information content (AvgIpc) is 2.74. The maximum atomic E-state index is 12.5. The fourth-order valence-corrected chi connectivity index (χ4v) is 3.57. The van der Waals surface area contributed by atoms with E-state index < -0.39 is 0 Å². The molecule has 0 unspecified atom stereocenters. The van der Waals surface area contributed by atoms with Crippen molar-refractivity contribution < 1.29 is 4.79 Å². The van der Waals surface area contributed by atoms with Gasteiger partial charge in [-0.1, -0.05) is 18.2 Å². The van der Waals surface area contributed by atoms with Crippen LogP contribution in [0.15, 0.2) is 9.72 Å². The van der Waals surface area contributed by atoms with Gasteiger partial charge in [-0.3, -0.25) is 4.79 Å². The Kier molecular flexibility index (Phi) is 5.24. The van der Waals surface area contributed by atoms with Gasteiger partial charge in [0.1, 0.15) is 10.0 Å². The first kappa shape index (κ1) is 14.8. The number of carbonyl (C=O) groups is 1. The van der Waals surface area contributed by atoms with Crippen LogP contribution < -0.4 is 0 Å². The summed E-state index contributed by atoms with van der Waals surface area (Å²) in [4.78, 5) is 21.1. The van der Waals surface area contributed by atoms with Crippen LogP contribution in [0.5, 0.6) is 0 Å². The summed E-state index contributed by atoms with van der Waals surface area (Å²) in [5.41, 5.74) is 0.605. The van der Waals surface area contributed by atoms with E-state index in [1.54, 1.807) is 23.1 Å². The van der Waals surface area contributed by atoms with Crippen molar-refractivity contribution >= 4 is 29.0 Å². The summed E-state index contributed by atoms with van der Waals surface area (Å²) >= 11 is 3.14. The van der Waals surface area contributed by atoms with Crippen molar-refractivity contribution in [2.75, 3.05) is 33.4 Å². The Morgan fingerprint density at radius 2 is 2.32 bits per heavy atom. The summed E-state index contributed by atoms with van der Waals surface area (Å²) < 4.78 is 0.960. The molecule has 0 aromatic carbocycles. The second-order valence-corrected chi connectivity index (χ2v) is 6.98. The molecule has 0 radical (unpaired) electrons. The molecule has 1 aliphatic rings. The molecular weight excluding hydrogens is 278 g/mol. The monoisotopic (exact) mass is 299 g/mol. The van der Waals surface area contributed by atoms with Crippen LogP contribution in [-0.4, -0.2) is 60.2 Å². The molecule has 0 bridgehead atoms. The van der Waals surface area contributed by atoms with Gasteiger partial charge in [-0.25, -0.2) is 4.98 Å². The summed E-state index contributed by atoms with van der Waals surface area (Å²) in [6, 6.07) is 0.463. The van der Waals surface area contributed by atoms with E-state index in [1.807, 2.05) is 16.5 Å². The predicted molar refractivity (Wildman–Crippen MR) is 81.1 cm³/mol. The molecule has 0 saturated carbocycles. The van der Waals surface area contributed by atoms with Crippen LogP contribution in [0.2, 0.25) is 0 Å². The van der Waals surface area contributed by atoms with Gasteiger partial charge in [0.05, 0.1) is 0 Å². The van der Waals surface area contributed by atoms with Crippen LogP contribution in [-0.2, 0) is 0 Å². The summed E-state index contributed by atoms with van der Waals surface area (Å²) in [5.74, 6) is 0.0882. The van der Waals surface area contributed by atoms with Crippen molar-refractivity contribution in [3.05, 3.63) is 11.1 Å². The van der Waals surface area contributed by atoms with Gasteiger partial charge < -0.3 is 9.80 Å². The highest BCUT2D eigenvalue weighted by Gasteiger charge is 2.25. The van der Waals surface area contributed by atoms with Crippen molar-refractivity contribution in [1.82, 2.24) is 14.8 Å². The summed E-state index contributed by atoms with van der Waals surface area (Å²) in [6.45, 7) is 1.67. The molecular formula is C13H21N3OS2. The minimum atomic E-state index is 0.0882. The lowest BCUT2D eigenvalue weighted by atomic mass is 10.1. The van der Waals surface area contributed by atoms with Crippen molar-refractivity contribution in [1.29, 1.82) is 0 Å². The number of hydrogen-bond donors (Lipinski definition) is 0. The molecule has 0 spiro atoms. The number of aromatic nitrogens is 1. The lowest BCUT2D eigenvalue weighted by Gasteiger charge is -2.28. The van der Waals surface area contributed by atoms with E-state index in [0.29, 0.717) is 11.7 Å². The largest absolute Gasteiger partial charge is 0.336 e. The van der Waals surface area contributed by atoms with E-state index in [4.69, 9.17) is 0 Å². The third-order valence-electron chi connectivity index (χ3n) is 3.54. The van der Waals surface area contributed by atoms with Gasteiger partial charge >= 0.3 is 0 Å². The van der Waals surface area contributed by atoms with Crippen molar-refractivity contribution in [2.24, 2.45) is 0 Å². The Morgan fingerprint density at radius 1 is 1.53 bits per heavy atom. The zero-order valence-electron chi connectivity index (χ0n) is 11.8. The van der Waals surface area contributed by atoms with Gasteiger partial charge in [-0.2, -0.15) is 0 Å². The molecule has 0 aliphatic carbocycles. The minimum Gasteiger partial charge on any atom is -0.336 e. The van der Waals surface area contributed by atoms with Gasteiger partial charge in [0.25, 0.3) is 5.91 Å². The summed E-state index contributed by atoms with van der Waals surface area (Å²) in [6.07, 6.45) is 5.44. The number of thiazole rings is 1. The van der Waals surface area contributed by atoms with Gasteiger partial charge in [0.2, 0.25) is 0 Å². The highest BCUT2D eigenvalue weighted by molar-refractivity contribution is 8.00. The standard InChI is InChI=1S/C13H21N3OS2/c1-15(2)10-6-4-5-7-16(8-10)12(17)11-9-19-13(14-11)18-3/h9-10H,4-8H2,1-3H3/t10-/m0/s1. The van der Waals surface area contributed by atoms with Crippen molar-refractivity contribution in [3.8, 4) is 0 Å². The fourth-order valence-electron chi connectivity index (χ4n) is 2.34. The molecule has 4 nitrogen and oxygen atoms in total. The molecule has 1 aromatic rings. The normalized spacial score (nSPS) is 20.6. The van der Waals surface area contributed by atoms with Gasteiger partial charge in [0, 0.05) is 24.5 Å². The zero-order valence-corrected chi connectivity index (χ0v) is 13.4. The molecule has 6 heteroatoms. The highest BCUT2D eigenvalue weighted by Crippen LogP contribution is 2.22. The van der Waals surface area contributed by atoms with Crippen molar-refractivity contribution in [2.45, 2.75) is 29.6 Å². The average molecular weight is 299 g/mol. The van der Waals surface area contributed by atoms with Crippen LogP contribution in [0.4, 0.5) is 0 Å². The van der Waals surface area contributed by atoms with Gasteiger partial charge in [-0.15, -0.1) is 11.3 Å². The number of carbonyl (C=O) groups excluding carboxylic acids is 1. The molecule has 2 rings (SSSR count). The third-order valence-corrected chi connectivity index (χ3v) is 5.40. The predicted octanol–water partition coefficient (Wildman–Crippen LogP) is 2.42. The smallest absolute Gasteiger partial charge is 0.273 e. The van der Waals surface area contributed by atoms with Crippen LogP contribution >= 0.6 is 23.1 Å². The first-order chi connectivity index (χ1) is 9.11. The van der Waals surface area contributed by atoms with Crippen LogP contribution in [0.25, 0.3) is 0 Å². The quantitative estimate of drug-likeness (QED) is 0.803. The van der Waals surface area contributed by atoms with Gasteiger partial charge in [0.15, 0.2) is 0 Å². The van der Waals surface area contributed by atoms with Crippen LogP contribution in [0, 0.1) is 0 Å². The molecule has 1 saturated heterocycles. The molecule has 1 atom stereocenters. The number of likely N-dealkylation sites (N-methyl/N-ethyl adjacent to an activating group) is 1. The Hall–Kier alpha value is -0.590. The first-order valence-corrected chi connectivity index (χ1v) is 8.67. The Balaban J connectivity index is 2.08. The van der Waals surface area contributed by atoms with E-state index in [2.05, 4.69) is 24.0 Å². The lowest BCUT2D eigenvalue weighted by molar-refractivity contribution is 0.0720. The third kappa shape index (κ3) is 3.70. The van der Waals surface area contributed by atoms with Crippen LogP contribution in [0.1, 0.15) is 29.8 Å². The molecule has 2 heterocycles. The van der Waals surface area contributed by atoms with E-state index in [9.17, 15) is 4.79 Å². The van der Waals surface area contributed by atoms with Crippen LogP contribution in [0.3, 0.4) is 0 Å². The molecule has 19 heavy (non-hydrogen) atoms. The number of nitrogens with zero attached hydrogens (tertiary/aromatic N) is 3. The number of thioether (sulfide) groups is 1. The molecule has 1 amide bonds. The number of hydrogen-bond acceptors (Lipinski definition) is 5. The fraction of sp³-hybridized carbons (Fsp3) is 0.692. The topological polar surface area (TPSA) is 36.4 Å². The van der Waals surface area contributed by atoms with E-state index >= 15 is 0 Å². The van der Waals surface area contributed by atoms with E-state index in [0.717, 1.165) is 23.8 Å². The SMILES string of the molecule is CSc1nc(C(=O)N2CCCC[C@H](N(C)C)C2)cs1. The second kappa shape index (κ2) is 6.72. The maximum absolute atomic E-state index is 12.5. The van der Waals surface area contributed by atoms with Crippen molar-refractivity contribution in [3.63, 3.8) is 0 Å². The Morgan fingerprint density at radius 3 is 2.95 bits per heavy atom. The van der Waals surface area contributed by atoms with E-state index in [-0.39, 0.29) is 5.91 Å². The summed E-state index contributed by atoms with van der Waals surface area (Å²) in [5, 5.41) is 1.88. The molecule has 1 aliphatic heterocycles. The Bertz CT molecular complexity index is 433. The molecule has 106 valence electrons. The number of rotatable bonds is 3. The Labute approximate surface area is 123 Å². The first-order valence-electron chi connectivity index (χ1n) is 6.57.